The zero-order valence-electron chi connectivity index (χ0n) is 31.3. The minimum Gasteiger partial charge on any atom is -0.493 e. The summed E-state index contributed by atoms with van der Waals surface area (Å²) in [7, 11) is 7.71. The number of aliphatic imine (C=N–C) groups is 1. The monoisotopic (exact) mass is 761 g/mol. The van der Waals surface area contributed by atoms with Gasteiger partial charge >= 0.3 is 5.97 Å². The van der Waals surface area contributed by atoms with E-state index < -0.39 is 17.8 Å². The van der Waals surface area contributed by atoms with Crippen LogP contribution in [0.1, 0.15) is 54.8 Å². The number of nitrogens with zero attached hydrogens (tertiary/aromatic N) is 6. The molecule has 0 aliphatic carbocycles. The molecule has 3 N–H and O–H groups in total. The lowest BCUT2D eigenvalue weighted by Crippen LogP contribution is -2.35. The number of hydrogen-bond acceptors (Lipinski definition) is 10. The van der Waals surface area contributed by atoms with E-state index in [9.17, 15) is 24.0 Å². The summed E-state index contributed by atoms with van der Waals surface area (Å²) in [6.07, 6.45) is 8.36. The summed E-state index contributed by atoms with van der Waals surface area (Å²) in [5.74, 6) is -1.06. The molecule has 0 spiro atoms. The van der Waals surface area contributed by atoms with E-state index in [4.69, 9.17) is 14.2 Å². The van der Waals surface area contributed by atoms with E-state index in [0.29, 0.717) is 46.4 Å². The van der Waals surface area contributed by atoms with Crippen molar-refractivity contribution in [3.63, 3.8) is 0 Å². The number of ether oxygens (including phenoxy) is 3. The smallest absolute Gasteiger partial charge is 0.374 e. The molecule has 0 bridgehead atoms. The van der Waals surface area contributed by atoms with Crippen LogP contribution in [-0.2, 0) is 30.7 Å². The van der Waals surface area contributed by atoms with Gasteiger partial charge in [-0.05, 0) is 48.7 Å². The number of aromatic nitrogens is 4. The van der Waals surface area contributed by atoms with Crippen LogP contribution in [0.5, 0.6) is 11.5 Å². The number of nitrogens with one attached hydrogen (secondary N) is 3. The van der Waals surface area contributed by atoms with Crippen molar-refractivity contribution < 1.29 is 38.2 Å². The van der Waals surface area contributed by atoms with Gasteiger partial charge in [-0.3, -0.25) is 24.2 Å². The van der Waals surface area contributed by atoms with E-state index in [1.807, 2.05) is 23.2 Å². The molecule has 56 heavy (non-hydrogen) atoms. The molecular weight excluding hydrogens is 722 g/mol. The number of benzene rings is 2. The average molecular weight is 762 g/mol. The van der Waals surface area contributed by atoms with Crippen molar-refractivity contribution in [2.45, 2.75) is 18.9 Å². The second-order valence-corrected chi connectivity index (χ2v) is 13.3. The summed E-state index contributed by atoms with van der Waals surface area (Å²) in [6, 6.07) is 13.6. The Balaban J connectivity index is 0.953. The van der Waals surface area contributed by atoms with E-state index >= 15 is 0 Å². The van der Waals surface area contributed by atoms with Crippen molar-refractivity contribution >= 4 is 58.7 Å². The van der Waals surface area contributed by atoms with Gasteiger partial charge in [0.15, 0.2) is 18.1 Å². The topological polar surface area (TPSA) is 192 Å². The van der Waals surface area contributed by atoms with Crippen LogP contribution in [0.2, 0.25) is 0 Å². The Kier molecular flexibility index (Phi) is 10.1. The molecule has 5 aromatic rings. The van der Waals surface area contributed by atoms with Crippen molar-refractivity contribution in [1.82, 2.24) is 23.6 Å². The molecule has 2 aliphatic rings. The number of imidazole rings is 1. The van der Waals surface area contributed by atoms with Gasteiger partial charge in [0.2, 0.25) is 5.82 Å². The third-order valence-electron chi connectivity index (χ3n) is 9.65. The zero-order chi connectivity index (χ0) is 39.7. The molecule has 0 saturated carbocycles. The molecule has 1 fully saturated rings. The first-order chi connectivity index (χ1) is 26.9. The fourth-order valence-electron chi connectivity index (χ4n) is 6.70. The molecule has 5 heterocycles. The minimum atomic E-state index is -0.638. The fourth-order valence-corrected chi connectivity index (χ4v) is 6.70. The van der Waals surface area contributed by atoms with Gasteiger partial charge in [-0.25, -0.2) is 9.78 Å². The number of aryl methyl sites for hydroxylation is 2. The van der Waals surface area contributed by atoms with Crippen molar-refractivity contribution in [3.05, 3.63) is 89.9 Å². The van der Waals surface area contributed by atoms with E-state index in [1.54, 1.807) is 73.0 Å². The maximum atomic E-state index is 13.3. The number of carbonyl (C=O) groups is 5. The van der Waals surface area contributed by atoms with Crippen molar-refractivity contribution in [3.8, 4) is 22.6 Å². The lowest BCUT2D eigenvalue weighted by atomic mass is 10.1. The average Bonchev–Trinajstić information content (AvgIpc) is 3.98. The van der Waals surface area contributed by atoms with Crippen LogP contribution in [0.4, 0.5) is 22.9 Å². The van der Waals surface area contributed by atoms with Gasteiger partial charge in [-0.2, -0.15) is 0 Å². The van der Waals surface area contributed by atoms with Gasteiger partial charge in [0.25, 0.3) is 23.6 Å². The standard InChI is InChI=1S/C39H39N9O8/c1-45-19-23(13-29(45)36(50)43-25-14-30(46(2)20-25)37(51)44-33-18-41-35(47(33)3)39(53)55-5)22-8-10-24(11-9-22)42-34(49)21-56-32-16-28-27(15-31(32)54-4)38(52)48-12-6-7-26(48)17-40-28/h8-11,13-20,26H,6-7,12,21H2,1-5H3,(H,42,49)(H,43,50)(H,44,51)/t26-/m0/s1. The summed E-state index contributed by atoms with van der Waals surface area (Å²) in [5.41, 5.74) is 4.05. The van der Waals surface area contributed by atoms with Crippen LogP contribution in [0, 0.1) is 0 Å². The van der Waals surface area contributed by atoms with Gasteiger partial charge in [-0.1, -0.05) is 12.1 Å². The normalized spacial score (nSPS) is 14.4. The van der Waals surface area contributed by atoms with Crippen LogP contribution in [0.15, 0.2) is 72.1 Å². The Morgan fingerprint density at radius 2 is 1.57 bits per heavy atom. The van der Waals surface area contributed by atoms with E-state index in [0.717, 1.165) is 24.0 Å². The number of esters is 1. The van der Waals surface area contributed by atoms with Gasteiger partial charge in [0.1, 0.15) is 17.2 Å². The summed E-state index contributed by atoms with van der Waals surface area (Å²) in [6.45, 7) is 0.371. The molecule has 4 amide bonds. The SMILES string of the molecule is COC(=O)c1ncc(NC(=O)c2cc(NC(=O)c3cc(-c4ccc(NC(=O)COc5cc6c(cc5OC)C(=O)N5CCC[C@H]5C=N6)cc4)cn3C)cn2C)n1C. The van der Waals surface area contributed by atoms with Crippen LogP contribution in [0.3, 0.4) is 0 Å². The van der Waals surface area contributed by atoms with Crippen molar-refractivity contribution in [2.75, 3.05) is 43.3 Å². The Bertz CT molecular complexity index is 2410. The van der Waals surface area contributed by atoms with Gasteiger partial charge in [0, 0.05) is 63.6 Å². The first-order valence-corrected chi connectivity index (χ1v) is 17.6. The number of hydrogen-bond donors (Lipinski definition) is 3. The van der Waals surface area contributed by atoms with Gasteiger partial charge in [-0.15, -0.1) is 0 Å². The number of amides is 4. The zero-order valence-corrected chi connectivity index (χ0v) is 31.3. The number of methoxy groups -OCH3 is 2. The minimum absolute atomic E-state index is 0.0321. The number of fused-ring (bicyclic) bond motifs is 2. The summed E-state index contributed by atoms with van der Waals surface area (Å²) in [5, 5.41) is 8.37. The van der Waals surface area contributed by atoms with Crippen LogP contribution >= 0.6 is 0 Å². The molecule has 17 heteroatoms. The number of anilines is 3. The lowest BCUT2D eigenvalue weighted by molar-refractivity contribution is -0.118. The maximum Gasteiger partial charge on any atom is 0.374 e. The number of rotatable bonds is 11. The molecule has 7 rings (SSSR count). The van der Waals surface area contributed by atoms with Gasteiger partial charge in [0.05, 0.1) is 43.4 Å². The predicted octanol–water partition coefficient (Wildman–Crippen LogP) is 4.40. The Morgan fingerprint density at radius 3 is 2.32 bits per heavy atom. The molecule has 1 saturated heterocycles. The van der Waals surface area contributed by atoms with Crippen molar-refractivity contribution in [1.29, 1.82) is 0 Å². The Hall–Kier alpha value is -7.17. The van der Waals surface area contributed by atoms with Crippen LogP contribution in [0.25, 0.3) is 11.1 Å². The Morgan fingerprint density at radius 1 is 0.839 bits per heavy atom. The molecule has 0 unspecified atom stereocenters. The highest BCUT2D eigenvalue weighted by molar-refractivity contribution is 6.07. The second kappa shape index (κ2) is 15.3. The molecule has 0 radical (unpaired) electrons. The van der Waals surface area contributed by atoms with E-state index in [-0.39, 0.29) is 41.8 Å². The highest BCUT2D eigenvalue weighted by atomic mass is 16.5. The quantitative estimate of drug-likeness (QED) is 0.164. The molecule has 288 valence electrons. The lowest BCUT2D eigenvalue weighted by Gasteiger charge is -2.20. The molecule has 3 aromatic heterocycles. The molecule has 1 atom stereocenters. The largest absolute Gasteiger partial charge is 0.493 e. The van der Waals surface area contributed by atoms with Crippen LogP contribution in [-0.4, -0.2) is 92.8 Å². The molecule has 17 nitrogen and oxygen atoms in total. The highest BCUT2D eigenvalue weighted by Gasteiger charge is 2.32. The van der Waals surface area contributed by atoms with E-state index in [2.05, 4.69) is 25.9 Å². The summed E-state index contributed by atoms with van der Waals surface area (Å²) < 4.78 is 20.7. The third-order valence-corrected chi connectivity index (χ3v) is 9.65. The third kappa shape index (κ3) is 7.33. The molecule has 2 aliphatic heterocycles. The van der Waals surface area contributed by atoms with Gasteiger partial charge < -0.3 is 48.8 Å². The first kappa shape index (κ1) is 37.2. The highest BCUT2D eigenvalue weighted by Crippen LogP contribution is 2.38. The second-order valence-electron chi connectivity index (χ2n) is 13.3. The summed E-state index contributed by atoms with van der Waals surface area (Å²) >= 11 is 0. The maximum absolute atomic E-state index is 13.3. The van der Waals surface area contributed by atoms with E-state index in [1.165, 1.54) is 31.0 Å². The fraction of sp³-hybridized carbons (Fsp3) is 0.256. The summed E-state index contributed by atoms with van der Waals surface area (Å²) in [4.78, 5) is 74.6. The molecule has 2 aromatic carbocycles. The predicted molar refractivity (Wildman–Crippen MR) is 206 cm³/mol. The molecular formula is C39H39N9O8. The first-order valence-electron chi connectivity index (χ1n) is 17.6. The van der Waals surface area contributed by atoms with Crippen LogP contribution < -0.4 is 25.4 Å². The number of carbonyl (C=O) groups excluding carboxylic acids is 5. The Labute approximate surface area is 320 Å². The van der Waals surface area contributed by atoms with Crippen molar-refractivity contribution in [2.24, 2.45) is 26.1 Å².